The van der Waals surface area contributed by atoms with Crippen LogP contribution in [0.5, 0.6) is 0 Å². The van der Waals surface area contributed by atoms with Crippen LogP contribution >= 0.6 is 0 Å². The Balaban J connectivity index is 1.85. The average molecular weight is 251 g/mol. The second kappa shape index (κ2) is 5.93. The van der Waals surface area contributed by atoms with E-state index in [4.69, 9.17) is 0 Å². The quantitative estimate of drug-likeness (QED) is 0.785. The van der Waals surface area contributed by atoms with E-state index in [0.717, 1.165) is 30.2 Å². The minimum atomic E-state index is -0.688. The van der Waals surface area contributed by atoms with Gasteiger partial charge in [0.25, 0.3) is 0 Å². The van der Waals surface area contributed by atoms with Crippen molar-refractivity contribution in [2.75, 3.05) is 18.1 Å². The van der Waals surface area contributed by atoms with Gasteiger partial charge in [-0.3, -0.25) is 4.21 Å². The highest BCUT2D eigenvalue weighted by Gasteiger charge is 2.00. The lowest BCUT2D eigenvalue weighted by atomic mass is 10.5. The second-order valence-corrected chi connectivity index (χ2v) is 5.67. The highest BCUT2D eigenvalue weighted by atomic mass is 32.2. The van der Waals surface area contributed by atoms with Crippen LogP contribution in [0.4, 0.5) is 0 Å². The number of rotatable bonds is 6. The molecule has 2 aromatic rings. The monoisotopic (exact) mass is 251 g/mol. The molecule has 0 fully saturated rings. The molecule has 0 amide bonds. The SMILES string of the molecule is CCS(=O)CCNCc1cn2ccccc2n1. The normalized spacial score (nSPS) is 13.0. The minimum Gasteiger partial charge on any atom is -0.310 e. The molecular formula is C12H17N3OS. The van der Waals surface area contributed by atoms with E-state index in [0.29, 0.717) is 5.75 Å². The number of fused-ring (bicyclic) bond motifs is 1. The van der Waals surface area contributed by atoms with Crippen molar-refractivity contribution in [2.45, 2.75) is 13.5 Å². The first-order valence-electron chi connectivity index (χ1n) is 5.78. The third-order valence-electron chi connectivity index (χ3n) is 2.55. The maximum absolute atomic E-state index is 11.2. The fraction of sp³-hybridized carbons (Fsp3) is 0.417. The van der Waals surface area contributed by atoms with Crippen LogP contribution in [0.3, 0.4) is 0 Å². The van der Waals surface area contributed by atoms with Gasteiger partial charge in [-0.25, -0.2) is 4.98 Å². The summed E-state index contributed by atoms with van der Waals surface area (Å²) in [6.45, 7) is 3.44. The Hall–Kier alpha value is -1.20. The van der Waals surface area contributed by atoms with Crippen molar-refractivity contribution in [2.24, 2.45) is 0 Å². The number of imidazole rings is 1. The fourth-order valence-electron chi connectivity index (χ4n) is 1.62. The smallest absolute Gasteiger partial charge is 0.137 e. The highest BCUT2D eigenvalue weighted by Crippen LogP contribution is 2.03. The third-order valence-corrected chi connectivity index (χ3v) is 3.85. The van der Waals surface area contributed by atoms with Crippen molar-refractivity contribution in [3.05, 3.63) is 36.3 Å². The molecule has 17 heavy (non-hydrogen) atoms. The number of pyridine rings is 1. The number of aromatic nitrogens is 2. The average Bonchev–Trinajstić information content (AvgIpc) is 2.76. The van der Waals surface area contributed by atoms with E-state index < -0.39 is 10.8 Å². The van der Waals surface area contributed by atoms with Crippen LogP contribution in [0, 0.1) is 0 Å². The van der Waals surface area contributed by atoms with Gasteiger partial charge < -0.3 is 9.72 Å². The van der Waals surface area contributed by atoms with Gasteiger partial charge >= 0.3 is 0 Å². The molecule has 0 saturated carbocycles. The van der Waals surface area contributed by atoms with Crippen LogP contribution < -0.4 is 5.32 Å². The van der Waals surface area contributed by atoms with Crippen molar-refractivity contribution >= 4 is 16.4 Å². The van der Waals surface area contributed by atoms with Gasteiger partial charge in [0.05, 0.1) is 5.69 Å². The van der Waals surface area contributed by atoms with Crippen molar-refractivity contribution in [1.82, 2.24) is 14.7 Å². The molecule has 0 saturated heterocycles. The molecule has 0 aliphatic heterocycles. The Kier molecular flexibility index (Phi) is 4.28. The molecule has 92 valence electrons. The van der Waals surface area contributed by atoms with Crippen LogP contribution in [0.15, 0.2) is 30.6 Å². The standard InChI is InChI=1S/C12H17N3OS/c1-2-17(16)8-6-13-9-11-10-15-7-4-3-5-12(15)14-11/h3-5,7,10,13H,2,6,8-9H2,1H3. The van der Waals surface area contributed by atoms with Gasteiger partial charge in [0.1, 0.15) is 5.65 Å². The molecule has 1 unspecified atom stereocenters. The van der Waals surface area contributed by atoms with Gasteiger partial charge in [-0.15, -0.1) is 0 Å². The summed E-state index contributed by atoms with van der Waals surface area (Å²) in [5.74, 6) is 1.44. The van der Waals surface area contributed by atoms with Crippen molar-refractivity contribution in [1.29, 1.82) is 0 Å². The summed E-state index contributed by atoms with van der Waals surface area (Å²) in [7, 11) is -0.688. The van der Waals surface area contributed by atoms with E-state index >= 15 is 0 Å². The van der Waals surface area contributed by atoms with Crippen LogP contribution in [0.25, 0.3) is 5.65 Å². The van der Waals surface area contributed by atoms with E-state index in [9.17, 15) is 4.21 Å². The van der Waals surface area contributed by atoms with Crippen molar-refractivity contribution in [3.8, 4) is 0 Å². The zero-order valence-electron chi connectivity index (χ0n) is 9.93. The number of hydrogen-bond acceptors (Lipinski definition) is 3. The van der Waals surface area contributed by atoms with Crippen LogP contribution in [-0.2, 0) is 17.3 Å². The molecule has 0 aromatic carbocycles. The Morgan fingerprint density at radius 1 is 1.47 bits per heavy atom. The highest BCUT2D eigenvalue weighted by molar-refractivity contribution is 7.84. The van der Waals surface area contributed by atoms with Crippen LogP contribution in [0.2, 0.25) is 0 Å². The summed E-state index contributed by atoms with van der Waals surface area (Å²) in [6, 6.07) is 5.94. The van der Waals surface area contributed by atoms with Gasteiger partial charge in [-0.2, -0.15) is 0 Å². The lowest BCUT2D eigenvalue weighted by Crippen LogP contribution is -2.20. The zero-order chi connectivity index (χ0) is 12.1. The predicted octanol–water partition coefficient (Wildman–Crippen LogP) is 1.19. The molecule has 0 bridgehead atoms. The second-order valence-electron chi connectivity index (χ2n) is 3.81. The summed E-state index contributed by atoms with van der Waals surface area (Å²) in [5, 5.41) is 3.26. The van der Waals surface area contributed by atoms with Crippen molar-refractivity contribution in [3.63, 3.8) is 0 Å². The first-order chi connectivity index (χ1) is 8.29. The van der Waals surface area contributed by atoms with Gasteiger partial charge in [0.15, 0.2) is 0 Å². The summed E-state index contributed by atoms with van der Waals surface area (Å²) in [4.78, 5) is 4.47. The first-order valence-corrected chi connectivity index (χ1v) is 7.26. The van der Waals surface area contributed by atoms with E-state index in [1.165, 1.54) is 0 Å². The lowest BCUT2D eigenvalue weighted by Gasteiger charge is -2.01. The van der Waals surface area contributed by atoms with Gasteiger partial charge in [0, 0.05) is 47.8 Å². The summed E-state index contributed by atoms with van der Waals surface area (Å²) in [5.41, 5.74) is 1.97. The molecule has 1 N–H and O–H groups in total. The lowest BCUT2D eigenvalue weighted by molar-refractivity contribution is 0.672. The molecule has 5 heteroatoms. The van der Waals surface area contributed by atoms with Gasteiger partial charge in [-0.1, -0.05) is 13.0 Å². The Morgan fingerprint density at radius 3 is 3.12 bits per heavy atom. The van der Waals surface area contributed by atoms with Gasteiger partial charge in [0.2, 0.25) is 0 Å². The third kappa shape index (κ3) is 3.38. The van der Waals surface area contributed by atoms with E-state index in [1.54, 1.807) is 0 Å². The van der Waals surface area contributed by atoms with Crippen LogP contribution in [-0.4, -0.2) is 31.6 Å². The summed E-state index contributed by atoms with van der Waals surface area (Å²) < 4.78 is 13.2. The fourth-order valence-corrected chi connectivity index (χ4v) is 2.28. The summed E-state index contributed by atoms with van der Waals surface area (Å²) >= 11 is 0. The zero-order valence-corrected chi connectivity index (χ0v) is 10.7. The number of nitrogens with zero attached hydrogens (tertiary/aromatic N) is 2. The molecule has 2 aromatic heterocycles. The molecular weight excluding hydrogens is 234 g/mol. The topological polar surface area (TPSA) is 46.4 Å². The number of nitrogens with one attached hydrogen (secondary N) is 1. The largest absolute Gasteiger partial charge is 0.310 e. The summed E-state index contributed by atoms with van der Waals surface area (Å²) in [6.07, 6.45) is 4.00. The van der Waals surface area contributed by atoms with Crippen LogP contribution in [0.1, 0.15) is 12.6 Å². The molecule has 2 heterocycles. The molecule has 0 aliphatic rings. The number of hydrogen-bond donors (Lipinski definition) is 1. The minimum absolute atomic E-state index is 0.688. The maximum Gasteiger partial charge on any atom is 0.137 e. The van der Waals surface area contributed by atoms with E-state index in [1.807, 2.05) is 41.9 Å². The molecule has 1 atom stereocenters. The Bertz CT molecular complexity index is 476. The van der Waals surface area contributed by atoms with E-state index in [2.05, 4.69) is 10.3 Å². The Labute approximate surface area is 104 Å². The van der Waals surface area contributed by atoms with Gasteiger partial charge in [-0.05, 0) is 12.1 Å². The predicted molar refractivity (Wildman–Crippen MR) is 70.4 cm³/mol. The molecule has 4 nitrogen and oxygen atoms in total. The molecule has 0 radical (unpaired) electrons. The maximum atomic E-state index is 11.2. The molecule has 0 aliphatic carbocycles. The molecule has 2 rings (SSSR count). The van der Waals surface area contributed by atoms with E-state index in [-0.39, 0.29) is 0 Å². The Morgan fingerprint density at radius 2 is 2.35 bits per heavy atom. The first kappa shape index (κ1) is 12.3. The molecule has 0 spiro atoms. The van der Waals surface area contributed by atoms with Crippen molar-refractivity contribution < 1.29 is 4.21 Å².